The summed E-state index contributed by atoms with van der Waals surface area (Å²) in [6.45, 7) is 9.34. The molecule has 4 aromatic rings. The van der Waals surface area contributed by atoms with Crippen molar-refractivity contribution in [3.63, 3.8) is 0 Å². The summed E-state index contributed by atoms with van der Waals surface area (Å²) < 4.78 is 62.1. The van der Waals surface area contributed by atoms with Gasteiger partial charge in [0.05, 0.1) is 35.2 Å². The number of halogens is 2. The number of likely N-dealkylation sites (tertiary alicyclic amines) is 1. The Morgan fingerprint density at radius 3 is 2.48 bits per heavy atom. The fourth-order valence-corrected chi connectivity index (χ4v) is 8.85. The Morgan fingerprint density at radius 1 is 1.02 bits per heavy atom. The molecule has 4 saturated heterocycles. The minimum Gasteiger partial charge on any atom is -0.468 e. The van der Waals surface area contributed by atoms with E-state index in [2.05, 4.69) is 31.0 Å². The molecule has 0 aliphatic carbocycles. The maximum absolute atomic E-state index is 17.4. The van der Waals surface area contributed by atoms with E-state index in [0.717, 1.165) is 51.7 Å². The van der Waals surface area contributed by atoms with Crippen molar-refractivity contribution in [2.75, 3.05) is 65.2 Å². The molecule has 4 fully saturated rings. The van der Waals surface area contributed by atoms with Crippen LogP contribution in [0.4, 0.5) is 19.4 Å². The number of carbonyl (C=O) groups excluding carboxylic acids is 1. The monoisotopic (exact) mass is 799 g/mol. The molecule has 2 aromatic heterocycles. The van der Waals surface area contributed by atoms with E-state index in [4.69, 9.17) is 35.1 Å². The third kappa shape index (κ3) is 8.07. The number of methoxy groups -OCH3 is 1. The first-order chi connectivity index (χ1) is 27.9. The highest BCUT2D eigenvalue weighted by molar-refractivity contribution is 6.03. The largest absolute Gasteiger partial charge is 0.468 e. The molecule has 308 valence electrons. The third-order valence-corrected chi connectivity index (χ3v) is 11.5. The number of benzene rings is 2. The molecule has 15 heteroatoms. The Balaban J connectivity index is 1.17. The van der Waals surface area contributed by atoms with E-state index >= 15 is 8.78 Å². The number of fused-ring (bicyclic) bond motifs is 4. The van der Waals surface area contributed by atoms with Crippen LogP contribution in [0.25, 0.3) is 32.9 Å². The second-order valence-corrected chi connectivity index (χ2v) is 16.7. The molecule has 4 atom stereocenters. The highest BCUT2D eigenvalue weighted by Gasteiger charge is 2.45. The first-order valence-corrected chi connectivity index (χ1v) is 20.1. The number of piperidine rings is 1. The lowest BCUT2D eigenvalue weighted by molar-refractivity contribution is -0.0202. The molecule has 0 radical (unpaired) electrons. The molecule has 1 N–H and O–H groups in total. The van der Waals surface area contributed by atoms with Crippen LogP contribution in [0.2, 0.25) is 0 Å². The van der Waals surface area contributed by atoms with Crippen molar-refractivity contribution in [1.82, 2.24) is 30.1 Å². The number of amides is 1. The maximum atomic E-state index is 17.4. The summed E-state index contributed by atoms with van der Waals surface area (Å²) in [6.07, 6.45) is 11.7. The SMILES string of the molecule is C#Cc1c(F)ccc2cc(OCOC)cc(-c3ncc4c(N5CC6CCC(C5)N6C(=O)OC(C)(C)C)nc(OC[C@@H]5C[C@@H](OC6CCNCC6)CN5C)nc4c3F)c12. The molecule has 0 saturated carbocycles. The molecule has 2 bridgehead atoms. The van der Waals surface area contributed by atoms with Gasteiger partial charge in [0, 0.05) is 49.9 Å². The lowest BCUT2D eigenvalue weighted by Crippen LogP contribution is -2.57. The van der Waals surface area contributed by atoms with Gasteiger partial charge < -0.3 is 33.9 Å². The van der Waals surface area contributed by atoms with Crippen molar-refractivity contribution in [3.8, 4) is 35.4 Å². The van der Waals surface area contributed by atoms with Gasteiger partial charge >= 0.3 is 12.1 Å². The Morgan fingerprint density at radius 2 is 1.78 bits per heavy atom. The van der Waals surface area contributed by atoms with E-state index in [-0.39, 0.29) is 78.2 Å². The highest BCUT2D eigenvalue weighted by Crippen LogP contribution is 2.41. The Kier molecular flexibility index (Phi) is 11.3. The number of carbonyl (C=O) groups is 1. The summed E-state index contributed by atoms with van der Waals surface area (Å²) in [4.78, 5) is 33.7. The van der Waals surface area contributed by atoms with Crippen LogP contribution in [0.3, 0.4) is 0 Å². The molecule has 1 amide bonds. The normalized spacial score (nSPS) is 22.8. The van der Waals surface area contributed by atoms with Crippen molar-refractivity contribution in [1.29, 1.82) is 0 Å². The van der Waals surface area contributed by atoms with Crippen LogP contribution in [0.5, 0.6) is 11.8 Å². The van der Waals surface area contributed by atoms with E-state index in [1.807, 2.05) is 32.7 Å². The highest BCUT2D eigenvalue weighted by atomic mass is 19.1. The van der Waals surface area contributed by atoms with Gasteiger partial charge in [0.2, 0.25) is 0 Å². The van der Waals surface area contributed by atoms with Gasteiger partial charge in [-0.25, -0.2) is 13.6 Å². The molecule has 58 heavy (non-hydrogen) atoms. The van der Waals surface area contributed by atoms with Crippen LogP contribution in [0, 0.1) is 24.0 Å². The number of anilines is 1. The van der Waals surface area contributed by atoms with Gasteiger partial charge in [-0.3, -0.25) is 14.8 Å². The zero-order chi connectivity index (χ0) is 40.7. The quantitative estimate of drug-likeness (QED) is 0.152. The first kappa shape index (κ1) is 39.9. The summed E-state index contributed by atoms with van der Waals surface area (Å²) in [5, 5.41) is 4.60. The summed E-state index contributed by atoms with van der Waals surface area (Å²) in [5.41, 5.74) is -0.546. The summed E-state index contributed by atoms with van der Waals surface area (Å²) in [7, 11) is 3.54. The lowest BCUT2D eigenvalue weighted by atomic mass is 9.95. The van der Waals surface area contributed by atoms with Crippen LogP contribution in [-0.4, -0.2) is 127 Å². The second-order valence-electron chi connectivity index (χ2n) is 16.7. The fourth-order valence-electron chi connectivity index (χ4n) is 8.85. The number of likely N-dealkylation sites (N-methyl/N-ethyl adjacent to an activating group) is 1. The van der Waals surface area contributed by atoms with Gasteiger partial charge in [0.1, 0.15) is 40.8 Å². The number of nitrogens with zero attached hydrogens (tertiary/aromatic N) is 6. The van der Waals surface area contributed by atoms with E-state index in [0.29, 0.717) is 40.8 Å². The maximum Gasteiger partial charge on any atom is 0.410 e. The van der Waals surface area contributed by atoms with E-state index in [9.17, 15) is 4.79 Å². The van der Waals surface area contributed by atoms with Crippen LogP contribution >= 0.6 is 0 Å². The zero-order valence-electron chi connectivity index (χ0n) is 33.7. The average molecular weight is 800 g/mol. The topological polar surface area (TPSA) is 124 Å². The minimum absolute atomic E-state index is 0.00832. The standard InChI is InChI=1S/C43H51F2N7O6/c1-7-32-35(44)11-8-25-16-30(56-24-54-6)18-33(36(25)32)38-37(45)39-34(19-47-38)40(51-20-26-9-10-27(21-51)52(26)42(53)58-43(2,3)4)49-41(48-39)55-23-28-17-31(22-50(28)5)57-29-12-14-46-15-13-29/h1,8,11,16,18-19,26-29,31,46H,9-10,12-15,17,20-24H2,2-6H3/t26?,27?,28-,31+/m0/s1. The summed E-state index contributed by atoms with van der Waals surface area (Å²) >= 11 is 0. The minimum atomic E-state index is -0.757. The number of piperazine rings is 1. The van der Waals surface area contributed by atoms with E-state index in [1.165, 1.54) is 19.4 Å². The van der Waals surface area contributed by atoms with Crippen molar-refractivity contribution < 1.29 is 37.3 Å². The number of nitrogens with one attached hydrogen (secondary N) is 1. The van der Waals surface area contributed by atoms with Crippen molar-refractivity contribution in [2.45, 2.75) is 88.8 Å². The molecule has 8 rings (SSSR count). The summed E-state index contributed by atoms with van der Waals surface area (Å²) in [5.74, 6) is 1.87. The summed E-state index contributed by atoms with van der Waals surface area (Å²) in [6, 6.07) is 5.86. The molecule has 6 heterocycles. The van der Waals surface area contributed by atoms with Crippen molar-refractivity contribution in [2.24, 2.45) is 0 Å². The second kappa shape index (κ2) is 16.4. The molecule has 2 unspecified atom stereocenters. The van der Waals surface area contributed by atoms with Crippen LogP contribution < -0.4 is 19.7 Å². The predicted molar refractivity (Wildman–Crippen MR) is 215 cm³/mol. The molecule has 2 aromatic carbocycles. The third-order valence-electron chi connectivity index (χ3n) is 11.5. The number of terminal acetylenes is 1. The van der Waals surface area contributed by atoms with E-state index < -0.39 is 17.2 Å². The number of hydrogen-bond donors (Lipinski definition) is 1. The number of aromatic nitrogens is 3. The van der Waals surface area contributed by atoms with Gasteiger partial charge in [-0.15, -0.1) is 6.42 Å². The van der Waals surface area contributed by atoms with E-state index in [1.54, 1.807) is 18.2 Å². The van der Waals surface area contributed by atoms with Crippen LogP contribution in [0.1, 0.15) is 58.4 Å². The van der Waals surface area contributed by atoms with Gasteiger partial charge in [-0.1, -0.05) is 12.0 Å². The lowest BCUT2D eigenvalue weighted by Gasteiger charge is -2.42. The van der Waals surface area contributed by atoms with Gasteiger partial charge in [-0.05, 0) is 96.6 Å². The molecular formula is C43H51F2N7O6. The number of rotatable bonds is 10. The molecule has 0 spiro atoms. The van der Waals surface area contributed by atoms with Crippen LogP contribution in [-0.2, 0) is 14.2 Å². The van der Waals surface area contributed by atoms with Gasteiger partial charge in [0.25, 0.3) is 0 Å². The van der Waals surface area contributed by atoms with Gasteiger partial charge in [-0.2, -0.15) is 9.97 Å². The predicted octanol–water partition coefficient (Wildman–Crippen LogP) is 5.90. The smallest absolute Gasteiger partial charge is 0.410 e. The number of ether oxygens (including phenoxy) is 5. The van der Waals surface area contributed by atoms with Gasteiger partial charge in [0.15, 0.2) is 12.6 Å². The number of pyridine rings is 1. The average Bonchev–Trinajstić information content (AvgIpc) is 3.69. The van der Waals surface area contributed by atoms with Crippen LogP contribution in [0.15, 0.2) is 30.5 Å². The Hall–Kier alpha value is -4.88. The Bertz CT molecular complexity index is 2210. The zero-order valence-corrected chi connectivity index (χ0v) is 33.7. The molecule has 4 aliphatic heterocycles. The van der Waals surface area contributed by atoms with Crippen molar-refractivity contribution >= 4 is 33.6 Å². The van der Waals surface area contributed by atoms with Crippen molar-refractivity contribution in [3.05, 3.63) is 47.7 Å². The molecule has 4 aliphatic rings. The molecular weight excluding hydrogens is 749 g/mol. The first-order valence-electron chi connectivity index (χ1n) is 20.1. The number of hydrogen-bond acceptors (Lipinski definition) is 12. The fraction of sp³-hybridized carbons (Fsp3) is 0.535. The Labute approximate surface area is 337 Å². The molecule has 13 nitrogen and oxygen atoms in total.